The molecular weight excluding hydrogens is 222 g/mol. The molecule has 0 unspecified atom stereocenters. The third-order valence-corrected chi connectivity index (χ3v) is 2.05. The van der Waals surface area contributed by atoms with Crippen LogP contribution in [0.4, 0.5) is 5.95 Å². The molecule has 0 saturated heterocycles. The number of carboxylic acid groups (broad SMARTS) is 1. The number of aryl methyl sites for hydroxylation is 1. The molecule has 0 aliphatic rings. The molecule has 1 heterocycles. The van der Waals surface area contributed by atoms with Crippen LogP contribution in [0.15, 0.2) is 6.20 Å². The van der Waals surface area contributed by atoms with Crippen LogP contribution in [0.3, 0.4) is 0 Å². The van der Waals surface area contributed by atoms with E-state index in [9.17, 15) is 4.79 Å². The lowest BCUT2D eigenvalue weighted by Gasteiger charge is -2.09. The summed E-state index contributed by atoms with van der Waals surface area (Å²) >= 11 is 0. The minimum atomic E-state index is -1.02. The van der Waals surface area contributed by atoms with E-state index in [1.54, 1.807) is 6.92 Å². The largest absolute Gasteiger partial charge is 0.478 e. The number of nitrogens with zero attached hydrogens (tertiary/aromatic N) is 2. The zero-order valence-electron chi connectivity index (χ0n) is 10.2. The molecule has 6 heteroatoms. The molecule has 17 heavy (non-hydrogen) atoms. The Bertz CT molecular complexity index is 394. The van der Waals surface area contributed by atoms with Crippen molar-refractivity contribution in [1.82, 2.24) is 9.97 Å². The highest BCUT2D eigenvalue weighted by molar-refractivity contribution is 5.88. The van der Waals surface area contributed by atoms with Crippen molar-refractivity contribution < 1.29 is 14.6 Å². The summed E-state index contributed by atoms with van der Waals surface area (Å²) in [4.78, 5) is 18.7. The smallest absolute Gasteiger partial charge is 0.339 e. The van der Waals surface area contributed by atoms with Gasteiger partial charge >= 0.3 is 5.97 Å². The van der Waals surface area contributed by atoms with Gasteiger partial charge in [0.15, 0.2) is 0 Å². The second-order valence-corrected chi connectivity index (χ2v) is 3.84. The molecule has 1 aromatic rings. The van der Waals surface area contributed by atoms with Gasteiger partial charge in [0.25, 0.3) is 0 Å². The SMILES string of the molecule is Cc1nc(NCCOC(C)C)ncc1C(=O)O. The molecule has 2 N–H and O–H groups in total. The Labute approximate surface area is 100 Å². The van der Waals surface area contributed by atoms with Crippen LogP contribution in [0, 0.1) is 6.92 Å². The van der Waals surface area contributed by atoms with Gasteiger partial charge in [-0.15, -0.1) is 0 Å². The summed E-state index contributed by atoms with van der Waals surface area (Å²) in [5.41, 5.74) is 0.564. The molecule has 1 aromatic heterocycles. The van der Waals surface area contributed by atoms with Crippen LogP contribution >= 0.6 is 0 Å². The third-order valence-electron chi connectivity index (χ3n) is 2.05. The van der Waals surface area contributed by atoms with Crippen LogP contribution in [-0.2, 0) is 4.74 Å². The Morgan fingerprint density at radius 1 is 1.59 bits per heavy atom. The summed E-state index contributed by atoms with van der Waals surface area (Å²) in [5.74, 6) is -0.600. The monoisotopic (exact) mass is 239 g/mol. The van der Waals surface area contributed by atoms with Crippen molar-refractivity contribution in [2.24, 2.45) is 0 Å². The first-order chi connectivity index (χ1) is 8.00. The predicted octanol–water partition coefficient (Wildman–Crippen LogP) is 1.32. The summed E-state index contributed by atoms with van der Waals surface area (Å²) in [5, 5.41) is 11.8. The number of hydrogen-bond donors (Lipinski definition) is 2. The van der Waals surface area contributed by atoms with Crippen LogP contribution in [0.5, 0.6) is 0 Å². The lowest BCUT2D eigenvalue weighted by atomic mass is 10.2. The van der Waals surface area contributed by atoms with Crippen molar-refractivity contribution in [2.75, 3.05) is 18.5 Å². The molecule has 0 fully saturated rings. The van der Waals surface area contributed by atoms with Gasteiger partial charge in [0.1, 0.15) is 0 Å². The van der Waals surface area contributed by atoms with Gasteiger partial charge in [-0.1, -0.05) is 0 Å². The number of rotatable bonds is 6. The van der Waals surface area contributed by atoms with Crippen molar-refractivity contribution in [1.29, 1.82) is 0 Å². The molecular formula is C11H17N3O3. The van der Waals surface area contributed by atoms with Crippen LogP contribution in [-0.4, -0.2) is 40.3 Å². The Morgan fingerprint density at radius 3 is 2.82 bits per heavy atom. The third kappa shape index (κ3) is 4.36. The molecule has 1 rings (SSSR count). The molecule has 0 amide bonds. The van der Waals surface area contributed by atoms with Crippen LogP contribution in [0.1, 0.15) is 29.9 Å². The molecule has 0 aromatic carbocycles. The average molecular weight is 239 g/mol. The van der Waals surface area contributed by atoms with E-state index in [4.69, 9.17) is 9.84 Å². The topological polar surface area (TPSA) is 84.3 Å². The Hall–Kier alpha value is -1.69. The first-order valence-electron chi connectivity index (χ1n) is 5.43. The van der Waals surface area contributed by atoms with E-state index < -0.39 is 5.97 Å². The molecule has 0 saturated carbocycles. The van der Waals surface area contributed by atoms with Gasteiger partial charge in [0.05, 0.1) is 24.0 Å². The van der Waals surface area contributed by atoms with E-state index in [1.807, 2.05) is 13.8 Å². The number of carboxylic acids is 1. The zero-order chi connectivity index (χ0) is 12.8. The number of aromatic nitrogens is 2. The highest BCUT2D eigenvalue weighted by Gasteiger charge is 2.09. The molecule has 0 aliphatic heterocycles. The second kappa shape index (κ2) is 6.15. The molecule has 94 valence electrons. The molecule has 0 aliphatic carbocycles. The van der Waals surface area contributed by atoms with Gasteiger partial charge in [0, 0.05) is 12.7 Å². The molecule has 6 nitrogen and oxygen atoms in total. The van der Waals surface area contributed by atoms with E-state index >= 15 is 0 Å². The first kappa shape index (κ1) is 13.4. The van der Waals surface area contributed by atoms with Gasteiger partial charge in [-0.25, -0.2) is 14.8 Å². The van der Waals surface area contributed by atoms with Crippen LogP contribution < -0.4 is 5.32 Å². The maximum absolute atomic E-state index is 10.7. The van der Waals surface area contributed by atoms with E-state index in [-0.39, 0.29) is 11.7 Å². The van der Waals surface area contributed by atoms with Crippen LogP contribution in [0.2, 0.25) is 0 Å². The Morgan fingerprint density at radius 2 is 2.29 bits per heavy atom. The first-order valence-corrected chi connectivity index (χ1v) is 5.43. The summed E-state index contributed by atoms with van der Waals surface area (Å²) in [6.45, 7) is 6.70. The molecule has 0 radical (unpaired) electrons. The second-order valence-electron chi connectivity index (χ2n) is 3.84. The number of ether oxygens (including phenoxy) is 1. The normalized spacial score (nSPS) is 10.6. The van der Waals surface area contributed by atoms with Crippen molar-refractivity contribution in [3.05, 3.63) is 17.5 Å². The molecule has 0 spiro atoms. The van der Waals surface area contributed by atoms with Crippen LogP contribution in [0.25, 0.3) is 0 Å². The van der Waals surface area contributed by atoms with Crippen molar-refractivity contribution >= 4 is 11.9 Å². The number of carbonyl (C=O) groups is 1. The number of nitrogens with one attached hydrogen (secondary N) is 1. The van der Waals surface area contributed by atoms with Gasteiger partial charge in [-0.05, 0) is 20.8 Å². The maximum Gasteiger partial charge on any atom is 0.339 e. The van der Waals surface area contributed by atoms with Crippen molar-refractivity contribution in [3.63, 3.8) is 0 Å². The summed E-state index contributed by atoms with van der Waals surface area (Å²) < 4.78 is 5.34. The fraction of sp³-hybridized carbons (Fsp3) is 0.545. The zero-order valence-corrected chi connectivity index (χ0v) is 10.2. The summed E-state index contributed by atoms with van der Waals surface area (Å²) in [6.07, 6.45) is 1.49. The van der Waals surface area contributed by atoms with E-state index in [0.29, 0.717) is 24.8 Å². The van der Waals surface area contributed by atoms with Gasteiger partial charge in [0.2, 0.25) is 5.95 Å². The highest BCUT2D eigenvalue weighted by Crippen LogP contribution is 2.06. The van der Waals surface area contributed by atoms with Crippen molar-refractivity contribution in [3.8, 4) is 0 Å². The van der Waals surface area contributed by atoms with Gasteiger partial charge in [-0.2, -0.15) is 0 Å². The molecule has 0 atom stereocenters. The van der Waals surface area contributed by atoms with E-state index in [1.165, 1.54) is 6.20 Å². The van der Waals surface area contributed by atoms with Gasteiger partial charge < -0.3 is 15.2 Å². The number of anilines is 1. The van der Waals surface area contributed by atoms with E-state index in [2.05, 4.69) is 15.3 Å². The minimum Gasteiger partial charge on any atom is -0.478 e. The molecule has 0 bridgehead atoms. The standard InChI is InChI=1S/C11H17N3O3/c1-7(2)17-5-4-12-11-13-6-9(10(15)16)8(3)14-11/h6-7H,4-5H2,1-3H3,(H,15,16)(H,12,13,14). The lowest BCUT2D eigenvalue weighted by Crippen LogP contribution is -2.15. The Kier molecular flexibility index (Phi) is 4.84. The summed E-state index contributed by atoms with van der Waals surface area (Å²) in [6, 6.07) is 0. The maximum atomic E-state index is 10.7. The number of aromatic carboxylic acids is 1. The Balaban J connectivity index is 2.50. The van der Waals surface area contributed by atoms with E-state index in [0.717, 1.165) is 0 Å². The lowest BCUT2D eigenvalue weighted by molar-refractivity contribution is 0.0695. The minimum absolute atomic E-state index is 0.119. The van der Waals surface area contributed by atoms with Gasteiger partial charge in [-0.3, -0.25) is 0 Å². The fourth-order valence-corrected chi connectivity index (χ4v) is 1.22. The number of hydrogen-bond acceptors (Lipinski definition) is 5. The fourth-order valence-electron chi connectivity index (χ4n) is 1.22. The average Bonchev–Trinajstić information content (AvgIpc) is 2.23. The summed E-state index contributed by atoms with van der Waals surface area (Å²) in [7, 11) is 0. The quantitative estimate of drug-likeness (QED) is 0.728. The predicted molar refractivity (Wildman–Crippen MR) is 63.3 cm³/mol. The highest BCUT2D eigenvalue weighted by atomic mass is 16.5. The van der Waals surface area contributed by atoms with Crippen molar-refractivity contribution in [2.45, 2.75) is 26.9 Å².